The Balaban J connectivity index is 1.73. The van der Waals surface area contributed by atoms with Gasteiger partial charge in [-0.15, -0.1) is 0 Å². The lowest BCUT2D eigenvalue weighted by molar-refractivity contribution is 0.102. The third-order valence-electron chi connectivity index (χ3n) is 4.77. The average molecular weight is 487 g/mol. The Morgan fingerprint density at radius 1 is 0.824 bits per heavy atom. The van der Waals surface area contributed by atoms with Crippen LogP contribution in [0.2, 0.25) is 0 Å². The Morgan fingerprint density at radius 2 is 1.38 bits per heavy atom. The van der Waals surface area contributed by atoms with Crippen LogP contribution in [0.4, 0.5) is 11.4 Å². The van der Waals surface area contributed by atoms with Crippen LogP contribution in [0.25, 0.3) is 0 Å². The van der Waals surface area contributed by atoms with Gasteiger partial charge in [-0.1, -0.05) is 0 Å². The van der Waals surface area contributed by atoms with Gasteiger partial charge in [0.2, 0.25) is 5.75 Å². The van der Waals surface area contributed by atoms with Gasteiger partial charge in [0.05, 0.1) is 32.8 Å². The van der Waals surface area contributed by atoms with Crippen molar-refractivity contribution in [1.82, 2.24) is 0 Å². The van der Waals surface area contributed by atoms with Crippen molar-refractivity contribution in [1.29, 1.82) is 0 Å². The van der Waals surface area contributed by atoms with E-state index < -0.39 is 15.9 Å². The lowest BCUT2D eigenvalue weighted by atomic mass is 10.1. The van der Waals surface area contributed by atoms with Crippen LogP contribution in [0.15, 0.2) is 65.6 Å². The highest BCUT2D eigenvalue weighted by Gasteiger charge is 2.18. The minimum atomic E-state index is -3.81. The van der Waals surface area contributed by atoms with E-state index in [0.717, 1.165) is 0 Å². The van der Waals surface area contributed by atoms with E-state index in [0.29, 0.717) is 41.0 Å². The van der Waals surface area contributed by atoms with Gasteiger partial charge >= 0.3 is 0 Å². The standard InChI is InChI=1S/C24H26N2O7S/c1-5-33-19-10-6-18(7-11-19)26-34(28,29)20-12-8-17(9-13-20)25-24(27)16-14-21(30-2)23(32-4)22(15-16)31-3/h6-15,26H,5H2,1-4H3,(H,25,27). The maximum Gasteiger partial charge on any atom is 0.261 e. The summed E-state index contributed by atoms with van der Waals surface area (Å²) in [6, 6.07) is 15.5. The molecule has 0 spiro atoms. The first-order valence-corrected chi connectivity index (χ1v) is 11.8. The Bertz CT molecular complexity index is 1220. The molecule has 0 bridgehead atoms. The second-order valence-corrected chi connectivity index (χ2v) is 8.64. The van der Waals surface area contributed by atoms with Crippen molar-refractivity contribution in [2.24, 2.45) is 0 Å². The Hall–Kier alpha value is -3.92. The predicted molar refractivity (Wildman–Crippen MR) is 129 cm³/mol. The van der Waals surface area contributed by atoms with Crippen molar-refractivity contribution in [2.45, 2.75) is 11.8 Å². The molecule has 0 saturated carbocycles. The van der Waals surface area contributed by atoms with Crippen LogP contribution in [0.5, 0.6) is 23.0 Å². The van der Waals surface area contributed by atoms with Gasteiger partial charge in [0.15, 0.2) is 11.5 Å². The van der Waals surface area contributed by atoms with Crippen LogP contribution in [0.1, 0.15) is 17.3 Å². The number of benzene rings is 3. The first kappa shape index (κ1) is 24.7. The number of hydrogen-bond donors (Lipinski definition) is 2. The third kappa shape index (κ3) is 5.70. The summed E-state index contributed by atoms with van der Waals surface area (Å²) in [5, 5.41) is 2.72. The maximum atomic E-state index is 12.7. The smallest absolute Gasteiger partial charge is 0.261 e. The van der Waals surface area contributed by atoms with Crippen LogP contribution < -0.4 is 29.0 Å². The van der Waals surface area contributed by atoms with Crippen molar-refractivity contribution < 1.29 is 32.2 Å². The fraction of sp³-hybridized carbons (Fsp3) is 0.208. The molecule has 3 rings (SSSR count). The molecule has 34 heavy (non-hydrogen) atoms. The highest BCUT2D eigenvalue weighted by molar-refractivity contribution is 7.92. The lowest BCUT2D eigenvalue weighted by Crippen LogP contribution is -2.14. The number of carbonyl (C=O) groups excluding carboxylic acids is 1. The van der Waals surface area contributed by atoms with Crippen molar-refractivity contribution >= 4 is 27.3 Å². The van der Waals surface area contributed by atoms with Crippen LogP contribution >= 0.6 is 0 Å². The van der Waals surface area contributed by atoms with E-state index in [4.69, 9.17) is 18.9 Å². The Labute approximate surface area is 198 Å². The number of nitrogens with one attached hydrogen (secondary N) is 2. The fourth-order valence-corrected chi connectivity index (χ4v) is 4.19. The van der Waals surface area contributed by atoms with Gasteiger partial charge in [-0.25, -0.2) is 8.42 Å². The monoisotopic (exact) mass is 486 g/mol. The molecule has 0 radical (unpaired) electrons. The van der Waals surface area contributed by atoms with Gasteiger partial charge in [0.25, 0.3) is 15.9 Å². The zero-order chi connectivity index (χ0) is 24.7. The number of amides is 1. The van der Waals surface area contributed by atoms with Crippen molar-refractivity contribution in [3.05, 3.63) is 66.2 Å². The first-order chi connectivity index (χ1) is 16.3. The minimum absolute atomic E-state index is 0.0483. The van der Waals surface area contributed by atoms with Gasteiger partial charge in [-0.2, -0.15) is 0 Å². The highest BCUT2D eigenvalue weighted by Crippen LogP contribution is 2.38. The summed E-state index contributed by atoms with van der Waals surface area (Å²) < 4.78 is 49.1. The maximum absolute atomic E-state index is 12.7. The van der Waals surface area contributed by atoms with E-state index in [1.54, 1.807) is 24.3 Å². The molecule has 0 aliphatic heterocycles. The number of carbonyl (C=O) groups is 1. The van der Waals surface area contributed by atoms with Gasteiger partial charge < -0.3 is 24.3 Å². The normalized spacial score (nSPS) is 10.8. The molecule has 0 heterocycles. The van der Waals surface area contributed by atoms with Gasteiger partial charge in [-0.3, -0.25) is 9.52 Å². The Morgan fingerprint density at radius 3 is 1.88 bits per heavy atom. The molecule has 0 aliphatic rings. The fourth-order valence-electron chi connectivity index (χ4n) is 3.13. The summed E-state index contributed by atoms with van der Waals surface area (Å²) in [5.74, 6) is 1.28. The molecule has 10 heteroatoms. The molecule has 0 unspecified atom stereocenters. The molecule has 3 aromatic carbocycles. The minimum Gasteiger partial charge on any atom is -0.494 e. The SMILES string of the molecule is CCOc1ccc(NS(=O)(=O)c2ccc(NC(=O)c3cc(OC)c(OC)c(OC)c3)cc2)cc1. The molecular formula is C24H26N2O7S. The molecule has 9 nitrogen and oxygen atoms in total. The summed E-state index contributed by atoms with van der Waals surface area (Å²) in [7, 11) is 0.576. The molecule has 0 aliphatic carbocycles. The number of methoxy groups -OCH3 is 3. The number of rotatable bonds is 10. The predicted octanol–water partition coefficient (Wildman–Crippen LogP) is 4.16. The molecule has 2 N–H and O–H groups in total. The lowest BCUT2D eigenvalue weighted by Gasteiger charge is -2.14. The van der Waals surface area contributed by atoms with Gasteiger partial charge in [0, 0.05) is 16.9 Å². The van der Waals surface area contributed by atoms with E-state index in [9.17, 15) is 13.2 Å². The number of sulfonamides is 1. The number of ether oxygens (including phenoxy) is 4. The Kier molecular flexibility index (Phi) is 7.85. The summed E-state index contributed by atoms with van der Waals surface area (Å²) in [4.78, 5) is 12.8. The third-order valence-corrected chi connectivity index (χ3v) is 6.16. The molecule has 180 valence electrons. The molecule has 1 amide bonds. The van der Waals surface area contributed by atoms with E-state index in [1.165, 1.54) is 57.7 Å². The summed E-state index contributed by atoms with van der Waals surface area (Å²) in [6.45, 7) is 2.39. The van der Waals surface area contributed by atoms with Crippen LogP contribution in [-0.2, 0) is 10.0 Å². The zero-order valence-corrected chi connectivity index (χ0v) is 20.1. The topological polar surface area (TPSA) is 112 Å². The molecular weight excluding hydrogens is 460 g/mol. The largest absolute Gasteiger partial charge is 0.494 e. The van der Waals surface area contributed by atoms with Crippen molar-refractivity contribution in [2.75, 3.05) is 38.0 Å². The van der Waals surface area contributed by atoms with E-state index in [2.05, 4.69) is 10.0 Å². The van der Waals surface area contributed by atoms with Gasteiger partial charge in [-0.05, 0) is 67.6 Å². The van der Waals surface area contributed by atoms with Crippen LogP contribution in [0, 0.1) is 0 Å². The average Bonchev–Trinajstić information content (AvgIpc) is 2.84. The number of hydrogen-bond acceptors (Lipinski definition) is 7. The first-order valence-electron chi connectivity index (χ1n) is 10.3. The van der Waals surface area contributed by atoms with Crippen molar-refractivity contribution in [3.63, 3.8) is 0 Å². The summed E-state index contributed by atoms with van der Waals surface area (Å²) in [6.07, 6.45) is 0. The summed E-state index contributed by atoms with van der Waals surface area (Å²) >= 11 is 0. The zero-order valence-electron chi connectivity index (χ0n) is 19.2. The van der Waals surface area contributed by atoms with E-state index in [-0.39, 0.29) is 10.5 Å². The molecule has 0 atom stereocenters. The van der Waals surface area contributed by atoms with E-state index in [1.807, 2.05) is 6.92 Å². The highest BCUT2D eigenvalue weighted by atomic mass is 32.2. The molecule has 3 aromatic rings. The molecule has 0 saturated heterocycles. The van der Waals surface area contributed by atoms with Crippen LogP contribution in [-0.4, -0.2) is 42.3 Å². The summed E-state index contributed by atoms with van der Waals surface area (Å²) in [5.41, 5.74) is 1.10. The van der Waals surface area contributed by atoms with Gasteiger partial charge in [0.1, 0.15) is 5.75 Å². The number of anilines is 2. The molecule has 0 aromatic heterocycles. The van der Waals surface area contributed by atoms with Crippen molar-refractivity contribution in [3.8, 4) is 23.0 Å². The second kappa shape index (κ2) is 10.8. The van der Waals surface area contributed by atoms with E-state index >= 15 is 0 Å². The quantitative estimate of drug-likeness (QED) is 0.442. The van der Waals surface area contributed by atoms with Crippen LogP contribution in [0.3, 0.4) is 0 Å². The second-order valence-electron chi connectivity index (χ2n) is 6.96. The molecule has 0 fully saturated rings.